The van der Waals surface area contributed by atoms with E-state index in [-0.39, 0.29) is 11.3 Å². The minimum Gasteiger partial charge on any atom is -0.478 e. The summed E-state index contributed by atoms with van der Waals surface area (Å²) in [5, 5.41) is 10.0. The topological polar surface area (TPSA) is 72.3 Å². The standard InChI is InChI=1S/C14H9BrN2O3S/c1-7-4-10-12(16-6-17-13(10)21-7)20-11-5-8(15)2-3-9(11)14(18)19/h2-6H,1H3,(H,18,19). The van der Waals surface area contributed by atoms with E-state index in [2.05, 4.69) is 25.9 Å². The third kappa shape index (κ3) is 2.74. The molecule has 21 heavy (non-hydrogen) atoms. The number of nitrogens with zero attached hydrogens (tertiary/aromatic N) is 2. The Balaban J connectivity index is 2.10. The second kappa shape index (κ2) is 5.42. The van der Waals surface area contributed by atoms with Gasteiger partial charge in [0.25, 0.3) is 0 Å². The van der Waals surface area contributed by atoms with Gasteiger partial charge in [-0.1, -0.05) is 15.9 Å². The maximum Gasteiger partial charge on any atom is 0.339 e. The Labute approximate surface area is 132 Å². The van der Waals surface area contributed by atoms with Crippen molar-refractivity contribution < 1.29 is 14.6 Å². The first kappa shape index (κ1) is 14.0. The summed E-state index contributed by atoms with van der Waals surface area (Å²) in [4.78, 5) is 21.5. The minimum atomic E-state index is -1.05. The average molecular weight is 365 g/mol. The van der Waals surface area contributed by atoms with E-state index >= 15 is 0 Å². The first-order valence-corrected chi connectivity index (χ1v) is 7.57. The van der Waals surface area contributed by atoms with Crippen LogP contribution in [0.4, 0.5) is 0 Å². The molecular weight excluding hydrogens is 356 g/mol. The fourth-order valence-corrected chi connectivity index (χ4v) is 3.07. The number of ether oxygens (including phenoxy) is 1. The lowest BCUT2D eigenvalue weighted by Gasteiger charge is -2.08. The normalized spacial score (nSPS) is 10.8. The highest BCUT2D eigenvalue weighted by atomic mass is 79.9. The molecule has 7 heteroatoms. The number of carboxylic acid groups (broad SMARTS) is 1. The van der Waals surface area contributed by atoms with E-state index in [1.807, 2.05) is 13.0 Å². The Morgan fingerprint density at radius 1 is 1.33 bits per heavy atom. The van der Waals surface area contributed by atoms with Crippen LogP contribution < -0.4 is 4.74 Å². The molecule has 0 radical (unpaired) electrons. The Hall–Kier alpha value is -1.99. The zero-order valence-electron chi connectivity index (χ0n) is 10.8. The van der Waals surface area contributed by atoms with Crippen LogP contribution in [0, 0.1) is 6.92 Å². The molecule has 0 aliphatic rings. The zero-order valence-corrected chi connectivity index (χ0v) is 13.2. The van der Waals surface area contributed by atoms with Gasteiger partial charge in [-0.15, -0.1) is 11.3 Å². The highest BCUT2D eigenvalue weighted by Crippen LogP contribution is 2.34. The summed E-state index contributed by atoms with van der Waals surface area (Å²) < 4.78 is 6.45. The Bertz CT molecular complexity index is 847. The van der Waals surface area contributed by atoms with Crippen LogP contribution in [0.1, 0.15) is 15.2 Å². The van der Waals surface area contributed by atoms with E-state index in [4.69, 9.17) is 4.74 Å². The van der Waals surface area contributed by atoms with E-state index in [1.165, 1.54) is 23.7 Å². The van der Waals surface area contributed by atoms with E-state index in [1.54, 1.807) is 12.1 Å². The van der Waals surface area contributed by atoms with Gasteiger partial charge in [0.05, 0.1) is 5.39 Å². The summed E-state index contributed by atoms with van der Waals surface area (Å²) >= 11 is 4.84. The number of hydrogen-bond donors (Lipinski definition) is 1. The third-order valence-corrected chi connectivity index (χ3v) is 4.25. The van der Waals surface area contributed by atoms with Crippen molar-refractivity contribution >= 4 is 43.5 Å². The third-order valence-electron chi connectivity index (χ3n) is 2.80. The lowest BCUT2D eigenvalue weighted by Crippen LogP contribution is -2.00. The summed E-state index contributed by atoms with van der Waals surface area (Å²) in [6, 6.07) is 6.67. The van der Waals surface area contributed by atoms with Gasteiger partial charge in [-0.2, -0.15) is 0 Å². The summed E-state index contributed by atoms with van der Waals surface area (Å²) in [6.07, 6.45) is 1.41. The number of fused-ring (bicyclic) bond motifs is 1. The summed E-state index contributed by atoms with van der Waals surface area (Å²) in [7, 11) is 0. The molecule has 0 saturated heterocycles. The van der Waals surface area contributed by atoms with Crippen LogP contribution in [0.2, 0.25) is 0 Å². The second-order valence-electron chi connectivity index (χ2n) is 4.30. The highest BCUT2D eigenvalue weighted by molar-refractivity contribution is 9.10. The van der Waals surface area contributed by atoms with Crippen molar-refractivity contribution in [2.45, 2.75) is 6.92 Å². The molecule has 1 aromatic carbocycles. The predicted octanol–water partition coefficient (Wildman–Crippen LogP) is 4.25. The van der Waals surface area contributed by atoms with Gasteiger partial charge in [-0.25, -0.2) is 14.8 Å². The van der Waals surface area contributed by atoms with Crippen LogP contribution >= 0.6 is 27.3 Å². The fraction of sp³-hybridized carbons (Fsp3) is 0.0714. The van der Waals surface area contributed by atoms with Gasteiger partial charge < -0.3 is 9.84 Å². The number of thiophene rings is 1. The Kier molecular flexibility index (Phi) is 3.60. The number of aromatic carboxylic acids is 1. The number of benzene rings is 1. The molecule has 5 nitrogen and oxygen atoms in total. The van der Waals surface area contributed by atoms with Gasteiger partial charge in [0.15, 0.2) is 0 Å². The molecule has 0 bridgehead atoms. The largest absolute Gasteiger partial charge is 0.478 e. The number of halogens is 1. The molecule has 3 aromatic rings. The van der Waals surface area contributed by atoms with Crippen molar-refractivity contribution in [1.29, 1.82) is 0 Å². The van der Waals surface area contributed by atoms with E-state index < -0.39 is 5.97 Å². The van der Waals surface area contributed by atoms with Crippen LogP contribution in [-0.2, 0) is 0 Å². The van der Waals surface area contributed by atoms with E-state index in [0.717, 1.165) is 19.6 Å². The first-order valence-electron chi connectivity index (χ1n) is 5.96. The maximum absolute atomic E-state index is 11.3. The zero-order chi connectivity index (χ0) is 15.0. The smallest absolute Gasteiger partial charge is 0.339 e. The highest BCUT2D eigenvalue weighted by Gasteiger charge is 2.15. The Morgan fingerprint density at radius 3 is 2.90 bits per heavy atom. The number of hydrogen-bond acceptors (Lipinski definition) is 5. The number of rotatable bonds is 3. The molecule has 0 amide bonds. The molecule has 0 unspecified atom stereocenters. The van der Waals surface area contributed by atoms with Crippen molar-refractivity contribution in [1.82, 2.24) is 9.97 Å². The van der Waals surface area contributed by atoms with Gasteiger partial charge >= 0.3 is 5.97 Å². The van der Waals surface area contributed by atoms with Crippen molar-refractivity contribution in [3.8, 4) is 11.6 Å². The van der Waals surface area contributed by atoms with Crippen molar-refractivity contribution in [3.63, 3.8) is 0 Å². The molecular formula is C14H9BrN2O3S. The summed E-state index contributed by atoms with van der Waals surface area (Å²) in [5.41, 5.74) is 0.0805. The number of carboxylic acids is 1. The molecule has 2 heterocycles. The van der Waals surface area contributed by atoms with Crippen LogP contribution in [0.15, 0.2) is 35.1 Å². The van der Waals surface area contributed by atoms with Gasteiger partial charge in [-0.05, 0) is 31.2 Å². The number of aryl methyl sites for hydroxylation is 1. The quantitative estimate of drug-likeness (QED) is 0.751. The molecule has 0 aliphatic carbocycles. The van der Waals surface area contributed by atoms with E-state index in [0.29, 0.717) is 5.88 Å². The number of aromatic nitrogens is 2. The predicted molar refractivity (Wildman–Crippen MR) is 83.3 cm³/mol. The summed E-state index contributed by atoms with van der Waals surface area (Å²) in [6.45, 7) is 1.97. The molecule has 106 valence electrons. The van der Waals surface area contributed by atoms with Gasteiger partial charge in [0.1, 0.15) is 22.5 Å². The molecule has 0 saturated carbocycles. The lowest BCUT2D eigenvalue weighted by molar-refractivity contribution is 0.0694. The van der Waals surface area contributed by atoms with Crippen molar-refractivity contribution in [2.75, 3.05) is 0 Å². The van der Waals surface area contributed by atoms with E-state index in [9.17, 15) is 9.90 Å². The Morgan fingerprint density at radius 2 is 2.14 bits per heavy atom. The van der Waals surface area contributed by atoms with Crippen LogP contribution in [-0.4, -0.2) is 21.0 Å². The minimum absolute atomic E-state index is 0.0805. The average Bonchev–Trinajstić information content (AvgIpc) is 2.80. The van der Waals surface area contributed by atoms with Gasteiger partial charge in [0, 0.05) is 9.35 Å². The van der Waals surface area contributed by atoms with Gasteiger partial charge in [-0.3, -0.25) is 0 Å². The van der Waals surface area contributed by atoms with Crippen LogP contribution in [0.25, 0.3) is 10.2 Å². The first-order chi connectivity index (χ1) is 10.0. The van der Waals surface area contributed by atoms with Gasteiger partial charge in [0.2, 0.25) is 5.88 Å². The summed E-state index contributed by atoms with van der Waals surface area (Å²) in [5.74, 6) is -0.463. The molecule has 3 rings (SSSR count). The monoisotopic (exact) mass is 364 g/mol. The van der Waals surface area contributed by atoms with Crippen molar-refractivity contribution in [3.05, 3.63) is 45.5 Å². The molecule has 1 N–H and O–H groups in total. The van der Waals surface area contributed by atoms with Crippen molar-refractivity contribution in [2.24, 2.45) is 0 Å². The molecule has 0 fully saturated rings. The number of carbonyl (C=O) groups is 1. The lowest BCUT2D eigenvalue weighted by atomic mass is 10.2. The second-order valence-corrected chi connectivity index (χ2v) is 6.45. The molecule has 2 aromatic heterocycles. The fourth-order valence-electron chi connectivity index (χ4n) is 1.90. The molecule has 0 atom stereocenters. The SMILES string of the molecule is Cc1cc2c(Oc3cc(Br)ccc3C(=O)O)ncnc2s1. The van der Waals surface area contributed by atoms with Crippen LogP contribution in [0.5, 0.6) is 11.6 Å². The molecule has 0 spiro atoms. The maximum atomic E-state index is 11.3. The molecule has 0 aliphatic heterocycles. The van der Waals surface area contributed by atoms with Crippen LogP contribution in [0.3, 0.4) is 0 Å².